The van der Waals surface area contributed by atoms with Crippen molar-refractivity contribution in [3.63, 3.8) is 0 Å². The normalized spacial score (nSPS) is 12.6. The minimum Gasteiger partial charge on any atom is -0.366 e. The van der Waals surface area contributed by atoms with Gasteiger partial charge in [-0.2, -0.15) is 26.3 Å². The van der Waals surface area contributed by atoms with Crippen LogP contribution in [-0.2, 0) is 18.8 Å². The van der Waals surface area contributed by atoms with E-state index in [9.17, 15) is 31.1 Å². The van der Waals surface area contributed by atoms with Crippen LogP contribution in [0.1, 0.15) is 34.0 Å². The molecule has 0 spiro atoms. The first-order chi connectivity index (χ1) is 8.48. The summed E-state index contributed by atoms with van der Waals surface area (Å²) < 4.78 is 76.2. The van der Waals surface area contributed by atoms with Crippen molar-refractivity contribution in [2.24, 2.45) is 5.73 Å². The molecular formula is C11H9F6NO. The molecule has 0 atom stereocenters. The van der Waals surface area contributed by atoms with Gasteiger partial charge in [0.15, 0.2) is 0 Å². The highest BCUT2D eigenvalue weighted by Crippen LogP contribution is 2.42. The zero-order valence-corrected chi connectivity index (χ0v) is 9.62. The van der Waals surface area contributed by atoms with Gasteiger partial charge in [0, 0.05) is 0 Å². The summed E-state index contributed by atoms with van der Waals surface area (Å²) in [6, 6.07) is 1.12. The minimum atomic E-state index is -5.32. The van der Waals surface area contributed by atoms with Crippen molar-refractivity contribution in [3.05, 3.63) is 34.4 Å². The third-order valence-electron chi connectivity index (χ3n) is 2.46. The molecule has 1 aromatic carbocycles. The van der Waals surface area contributed by atoms with E-state index in [1.165, 1.54) is 6.92 Å². The van der Waals surface area contributed by atoms with Crippen molar-refractivity contribution in [3.8, 4) is 0 Å². The molecule has 0 saturated carbocycles. The van der Waals surface area contributed by atoms with Gasteiger partial charge in [0.25, 0.3) is 0 Å². The highest BCUT2D eigenvalue weighted by molar-refractivity contribution is 5.95. The molecule has 0 aliphatic rings. The summed E-state index contributed by atoms with van der Waals surface area (Å²) in [6.45, 7) is 1.45. The highest BCUT2D eigenvalue weighted by Gasteiger charge is 2.45. The first kappa shape index (κ1) is 15.3. The van der Waals surface area contributed by atoms with E-state index in [1.807, 2.05) is 0 Å². The molecule has 0 aromatic heterocycles. The summed E-state index contributed by atoms with van der Waals surface area (Å²) >= 11 is 0. The maximum Gasteiger partial charge on any atom is 0.417 e. The number of rotatable bonds is 2. The number of halogens is 6. The van der Waals surface area contributed by atoms with Crippen molar-refractivity contribution in [1.29, 1.82) is 0 Å². The Morgan fingerprint density at radius 1 is 1.11 bits per heavy atom. The van der Waals surface area contributed by atoms with Crippen LogP contribution in [0.25, 0.3) is 0 Å². The quantitative estimate of drug-likeness (QED) is 0.832. The summed E-state index contributed by atoms with van der Waals surface area (Å²) in [5, 5.41) is 0. The number of primary amides is 1. The van der Waals surface area contributed by atoms with Gasteiger partial charge >= 0.3 is 12.4 Å². The third kappa shape index (κ3) is 3.18. The largest absolute Gasteiger partial charge is 0.417 e. The summed E-state index contributed by atoms with van der Waals surface area (Å²) in [6.07, 6.45) is -10.5. The average Bonchev–Trinajstić information content (AvgIpc) is 2.24. The summed E-state index contributed by atoms with van der Waals surface area (Å²) in [5.41, 5.74) is -0.406. The van der Waals surface area contributed by atoms with Gasteiger partial charge in [0.2, 0.25) is 5.91 Å². The monoisotopic (exact) mass is 285 g/mol. The molecule has 0 fully saturated rings. The summed E-state index contributed by atoms with van der Waals surface area (Å²) in [5.74, 6) is -1.55. The maximum atomic E-state index is 12.7. The van der Waals surface area contributed by atoms with E-state index < -0.39 is 35.0 Å². The zero-order chi connectivity index (χ0) is 15.0. The topological polar surface area (TPSA) is 43.1 Å². The average molecular weight is 285 g/mol. The first-order valence-electron chi connectivity index (χ1n) is 5.09. The number of amides is 1. The lowest BCUT2D eigenvalue weighted by atomic mass is 9.95. The predicted molar refractivity (Wildman–Crippen MR) is 54.3 cm³/mol. The van der Waals surface area contributed by atoms with Crippen LogP contribution in [0.3, 0.4) is 0 Å². The van der Waals surface area contributed by atoms with Gasteiger partial charge in [0.1, 0.15) is 0 Å². The molecule has 0 saturated heterocycles. The van der Waals surface area contributed by atoms with Gasteiger partial charge in [-0.25, -0.2) is 0 Å². The van der Waals surface area contributed by atoms with Crippen LogP contribution in [0, 0.1) is 0 Å². The van der Waals surface area contributed by atoms with E-state index in [2.05, 4.69) is 0 Å². The molecule has 1 amide bonds. The molecule has 2 N–H and O–H groups in total. The molecule has 0 aliphatic heterocycles. The fourth-order valence-electron chi connectivity index (χ4n) is 1.63. The smallest absolute Gasteiger partial charge is 0.366 e. The third-order valence-corrected chi connectivity index (χ3v) is 2.46. The number of alkyl halides is 6. The molecule has 19 heavy (non-hydrogen) atoms. The molecule has 1 rings (SSSR count). The summed E-state index contributed by atoms with van der Waals surface area (Å²) in [7, 11) is 0. The number of carbonyl (C=O) groups excluding carboxylic acids is 1. The predicted octanol–water partition coefficient (Wildman–Crippen LogP) is 3.39. The van der Waals surface area contributed by atoms with Gasteiger partial charge in [-0.1, -0.05) is 6.92 Å². The van der Waals surface area contributed by atoms with Crippen molar-refractivity contribution in [2.75, 3.05) is 0 Å². The van der Waals surface area contributed by atoms with Crippen LogP contribution in [0.2, 0.25) is 0 Å². The molecular weight excluding hydrogens is 276 g/mol. The molecule has 1 aromatic rings. The van der Waals surface area contributed by atoms with Crippen molar-refractivity contribution < 1.29 is 31.1 Å². The Morgan fingerprint density at radius 3 is 1.95 bits per heavy atom. The number of benzene rings is 1. The molecule has 0 radical (unpaired) electrons. The lowest BCUT2D eigenvalue weighted by molar-refractivity contribution is -0.162. The molecule has 0 aliphatic carbocycles. The van der Waals surface area contributed by atoms with Crippen LogP contribution in [0.4, 0.5) is 26.3 Å². The van der Waals surface area contributed by atoms with Crippen molar-refractivity contribution >= 4 is 5.91 Å². The second-order valence-corrected chi connectivity index (χ2v) is 3.78. The van der Waals surface area contributed by atoms with Crippen molar-refractivity contribution in [1.82, 2.24) is 0 Å². The van der Waals surface area contributed by atoms with E-state index in [0.29, 0.717) is 6.07 Å². The van der Waals surface area contributed by atoms with E-state index in [-0.39, 0.29) is 12.0 Å². The fourth-order valence-corrected chi connectivity index (χ4v) is 1.63. The Balaban J connectivity index is 3.77. The van der Waals surface area contributed by atoms with Crippen LogP contribution in [0.5, 0.6) is 0 Å². The zero-order valence-electron chi connectivity index (χ0n) is 9.62. The van der Waals surface area contributed by atoms with Gasteiger partial charge < -0.3 is 5.73 Å². The molecule has 2 nitrogen and oxygen atoms in total. The number of nitrogens with two attached hydrogens (primary N) is 1. The van der Waals surface area contributed by atoms with Crippen LogP contribution < -0.4 is 5.73 Å². The van der Waals surface area contributed by atoms with Gasteiger partial charge in [-0.05, 0) is 24.1 Å². The maximum absolute atomic E-state index is 12.7. The standard InChI is InChI=1S/C11H9F6NO/c1-2-5-3-6(9(18)19)8(11(15,16)17)7(4-5)10(12,13)14/h3-4H,2H2,1H3,(H2,18,19). The summed E-state index contributed by atoms with van der Waals surface area (Å²) in [4.78, 5) is 11.0. The lowest BCUT2D eigenvalue weighted by Crippen LogP contribution is -2.24. The molecule has 0 unspecified atom stereocenters. The van der Waals surface area contributed by atoms with E-state index in [1.54, 1.807) is 0 Å². The number of carbonyl (C=O) groups is 1. The van der Waals surface area contributed by atoms with Gasteiger partial charge in [0.05, 0.1) is 16.7 Å². The molecule has 106 valence electrons. The number of hydrogen-bond donors (Lipinski definition) is 1. The Hall–Kier alpha value is -1.73. The molecule has 0 bridgehead atoms. The van der Waals surface area contributed by atoms with Gasteiger partial charge in [-0.3, -0.25) is 4.79 Å². The Kier molecular flexibility index (Phi) is 3.83. The molecule has 8 heteroatoms. The van der Waals surface area contributed by atoms with E-state index >= 15 is 0 Å². The van der Waals surface area contributed by atoms with E-state index in [0.717, 1.165) is 6.07 Å². The highest BCUT2D eigenvalue weighted by atomic mass is 19.4. The van der Waals surface area contributed by atoms with Gasteiger partial charge in [-0.15, -0.1) is 0 Å². The minimum absolute atomic E-state index is 0.0432. The first-order valence-corrected chi connectivity index (χ1v) is 5.09. The second kappa shape index (κ2) is 4.75. The van der Waals surface area contributed by atoms with Crippen molar-refractivity contribution in [2.45, 2.75) is 25.7 Å². The fraction of sp³-hybridized carbons (Fsp3) is 0.364. The van der Waals surface area contributed by atoms with Crippen LogP contribution in [-0.4, -0.2) is 5.91 Å². The number of aryl methyl sites for hydroxylation is 1. The van der Waals surface area contributed by atoms with Crippen LogP contribution >= 0.6 is 0 Å². The van der Waals surface area contributed by atoms with Crippen LogP contribution in [0.15, 0.2) is 12.1 Å². The van der Waals surface area contributed by atoms with E-state index in [4.69, 9.17) is 5.73 Å². The number of hydrogen-bond acceptors (Lipinski definition) is 1. The Labute approximate surface area is 104 Å². The molecule has 0 heterocycles. The Morgan fingerprint density at radius 2 is 1.63 bits per heavy atom. The lowest BCUT2D eigenvalue weighted by Gasteiger charge is -2.19. The SMILES string of the molecule is CCc1cc(C(N)=O)c(C(F)(F)F)c(C(F)(F)F)c1. The Bertz CT molecular complexity index is 503. The second-order valence-electron chi connectivity index (χ2n) is 3.78.